The highest BCUT2D eigenvalue weighted by Crippen LogP contribution is 2.26. The molecule has 0 saturated carbocycles. The Morgan fingerprint density at radius 1 is 1.15 bits per heavy atom. The predicted molar refractivity (Wildman–Crippen MR) is 106 cm³/mol. The van der Waals surface area contributed by atoms with E-state index in [9.17, 15) is 9.59 Å². The molecule has 140 valence electrons. The molecule has 2 amide bonds. The van der Waals surface area contributed by atoms with Gasteiger partial charge in [0, 0.05) is 18.0 Å². The van der Waals surface area contributed by atoms with Crippen LogP contribution in [-0.4, -0.2) is 35.1 Å². The number of aromatic amines is 1. The Kier molecular flexibility index (Phi) is 5.40. The first-order chi connectivity index (χ1) is 13.0. The SMILES string of the molecule is CCC[C@H](NC(=O)c1ccc(-c2ccc3[nH]nc(N)c3c2)cc1)C(=O)NC. The molecule has 2 aromatic carbocycles. The fourth-order valence-corrected chi connectivity index (χ4v) is 3.00. The number of nitrogens with one attached hydrogen (secondary N) is 3. The molecule has 3 aromatic rings. The van der Waals surface area contributed by atoms with Gasteiger partial charge in [0.2, 0.25) is 5.91 Å². The standard InChI is InChI=1S/C20H23N5O2/c1-3-4-17(20(27)22-2)23-19(26)13-7-5-12(6-8-13)14-9-10-16-15(11-14)18(21)25-24-16/h5-11,17H,3-4H2,1-2H3,(H,22,27)(H,23,26)(H3,21,24,25)/t17-/m0/s1. The summed E-state index contributed by atoms with van der Waals surface area (Å²) in [4.78, 5) is 24.3. The van der Waals surface area contributed by atoms with Crippen molar-refractivity contribution >= 4 is 28.5 Å². The fourth-order valence-electron chi connectivity index (χ4n) is 3.00. The highest BCUT2D eigenvalue weighted by Gasteiger charge is 2.19. The lowest BCUT2D eigenvalue weighted by Crippen LogP contribution is -2.45. The van der Waals surface area contributed by atoms with Gasteiger partial charge in [0.05, 0.1) is 5.52 Å². The number of fused-ring (bicyclic) bond motifs is 1. The normalized spacial score (nSPS) is 11.9. The largest absolute Gasteiger partial charge is 0.382 e. The molecule has 1 heterocycles. The second-order valence-electron chi connectivity index (χ2n) is 6.38. The van der Waals surface area contributed by atoms with E-state index in [0.29, 0.717) is 17.8 Å². The highest BCUT2D eigenvalue weighted by atomic mass is 16.2. The zero-order valence-corrected chi connectivity index (χ0v) is 15.4. The molecule has 7 heteroatoms. The van der Waals surface area contributed by atoms with Crippen molar-refractivity contribution in [3.8, 4) is 11.1 Å². The predicted octanol–water partition coefficient (Wildman–Crippen LogP) is 2.46. The van der Waals surface area contributed by atoms with Gasteiger partial charge in [-0.25, -0.2) is 0 Å². The van der Waals surface area contributed by atoms with Crippen LogP contribution in [0.1, 0.15) is 30.1 Å². The molecular formula is C20H23N5O2. The summed E-state index contributed by atoms with van der Waals surface area (Å²) in [5.41, 5.74) is 9.20. The number of amides is 2. The molecule has 0 spiro atoms. The summed E-state index contributed by atoms with van der Waals surface area (Å²) in [5, 5.41) is 13.1. The number of benzene rings is 2. The molecule has 1 atom stereocenters. The summed E-state index contributed by atoms with van der Waals surface area (Å²) in [5.74, 6) is 0.00460. The second kappa shape index (κ2) is 7.90. The van der Waals surface area contributed by atoms with Gasteiger partial charge in [-0.15, -0.1) is 0 Å². The van der Waals surface area contributed by atoms with Crippen molar-refractivity contribution in [1.29, 1.82) is 0 Å². The monoisotopic (exact) mass is 365 g/mol. The lowest BCUT2D eigenvalue weighted by atomic mass is 10.0. The van der Waals surface area contributed by atoms with E-state index in [1.165, 1.54) is 0 Å². The Labute approximate surface area is 157 Å². The third-order valence-electron chi connectivity index (χ3n) is 4.52. The molecule has 0 aliphatic rings. The minimum absolute atomic E-state index is 0.187. The lowest BCUT2D eigenvalue weighted by molar-refractivity contribution is -0.122. The third-order valence-corrected chi connectivity index (χ3v) is 4.52. The van der Waals surface area contributed by atoms with E-state index < -0.39 is 6.04 Å². The molecular weight excluding hydrogens is 342 g/mol. The van der Waals surface area contributed by atoms with Crippen LogP contribution in [0.25, 0.3) is 22.0 Å². The van der Waals surface area contributed by atoms with Gasteiger partial charge in [0.1, 0.15) is 6.04 Å². The third kappa shape index (κ3) is 3.92. The number of likely N-dealkylation sites (N-methyl/N-ethyl adjacent to an activating group) is 1. The van der Waals surface area contributed by atoms with Crippen molar-refractivity contribution in [2.75, 3.05) is 12.8 Å². The minimum atomic E-state index is -0.529. The Morgan fingerprint density at radius 3 is 2.52 bits per heavy atom. The van der Waals surface area contributed by atoms with E-state index in [4.69, 9.17) is 5.73 Å². The van der Waals surface area contributed by atoms with Gasteiger partial charge in [0.25, 0.3) is 5.91 Å². The molecule has 0 unspecified atom stereocenters. The summed E-state index contributed by atoms with van der Waals surface area (Å²) in [7, 11) is 1.57. The number of nitrogens with zero attached hydrogens (tertiary/aromatic N) is 1. The summed E-state index contributed by atoms with van der Waals surface area (Å²) >= 11 is 0. The fraction of sp³-hybridized carbons (Fsp3) is 0.250. The number of nitrogens with two attached hydrogens (primary N) is 1. The van der Waals surface area contributed by atoms with Crippen LogP contribution in [0.2, 0.25) is 0 Å². The summed E-state index contributed by atoms with van der Waals surface area (Å²) < 4.78 is 0. The van der Waals surface area contributed by atoms with Gasteiger partial charge in [-0.1, -0.05) is 31.5 Å². The zero-order chi connectivity index (χ0) is 19.4. The molecule has 5 N–H and O–H groups in total. The number of anilines is 1. The van der Waals surface area contributed by atoms with Gasteiger partial charge in [-0.05, 0) is 41.8 Å². The number of carbonyl (C=O) groups excluding carboxylic acids is 2. The van der Waals surface area contributed by atoms with Crippen molar-refractivity contribution < 1.29 is 9.59 Å². The van der Waals surface area contributed by atoms with Gasteiger partial charge in [0.15, 0.2) is 5.82 Å². The van der Waals surface area contributed by atoms with E-state index in [1.54, 1.807) is 19.2 Å². The first-order valence-electron chi connectivity index (χ1n) is 8.90. The average Bonchev–Trinajstić information content (AvgIpc) is 3.07. The Bertz CT molecular complexity index is 962. The molecule has 0 fully saturated rings. The number of H-pyrrole nitrogens is 1. The quantitative estimate of drug-likeness (QED) is 0.537. The maximum atomic E-state index is 12.5. The topological polar surface area (TPSA) is 113 Å². The van der Waals surface area contributed by atoms with Gasteiger partial charge in [-0.2, -0.15) is 5.10 Å². The molecule has 0 radical (unpaired) electrons. The van der Waals surface area contributed by atoms with Crippen molar-refractivity contribution in [3.63, 3.8) is 0 Å². The molecule has 0 aliphatic carbocycles. The first kappa shape index (κ1) is 18.4. The van der Waals surface area contributed by atoms with Crippen molar-refractivity contribution in [1.82, 2.24) is 20.8 Å². The van der Waals surface area contributed by atoms with Gasteiger partial charge in [-0.3, -0.25) is 14.7 Å². The van der Waals surface area contributed by atoms with Crippen LogP contribution in [0.5, 0.6) is 0 Å². The summed E-state index contributed by atoms with van der Waals surface area (Å²) in [6.45, 7) is 1.97. The van der Waals surface area contributed by atoms with Crippen LogP contribution in [0.15, 0.2) is 42.5 Å². The van der Waals surface area contributed by atoms with E-state index >= 15 is 0 Å². The Hall–Kier alpha value is -3.35. The number of nitrogen functional groups attached to an aromatic ring is 1. The minimum Gasteiger partial charge on any atom is -0.382 e. The first-order valence-corrected chi connectivity index (χ1v) is 8.90. The maximum Gasteiger partial charge on any atom is 0.251 e. The number of rotatable bonds is 6. The zero-order valence-electron chi connectivity index (χ0n) is 15.4. The number of aromatic nitrogens is 2. The van der Waals surface area contributed by atoms with Crippen LogP contribution < -0.4 is 16.4 Å². The number of hydrogen-bond acceptors (Lipinski definition) is 4. The van der Waals surface area contributed by atoms with Crippen LogP contribution in [0.4, 0.5) is 5.82 Å². The Morgan fingerprint density at radius 2 is 1.85 bits per heavy atom. The molecule has 3 rings (SSSR count). The number of carbonyl (C=O) groups is 2. The molecule has 0 aliphatic heterocycles. The Balaban J connectivity index is 1.78. The lowest BCUT2D eigenvalue weighted by Gasteiger charge is -2.16. The van der Waals surface area contributed by atoms with Crippen molar-refractivity contribution in [2.24, 2.45) is 0 Å². The van der Waals surface area contributed by atoms with E-state index in [-0.39, 0.29) is 11.8 Å². The van der Waals surface area contributed by atoms with E-state index in [2.05, 4.69) is 20.8 Å². The van der Waals surface area contributed by atoms with Crippen molar-refractivity contribution in [3.05, 3.63) is 48.0 Å². The molecule has 0 bridgehead atoms. The van der Waals surface area contributed by atoms with Crippen LogP contribution in [-0.2, 0) is 4.79 Å². The van der Waals surface area contributed by atoms with E-state index in [1.807, 2.05) is 37.3 Å². The summed E-state index contributed by atoms with van der Waals surface area (Å²) in [6, 6.07) is 12.6. The average molecular weight is 365 g/mol. The second-order valence-corrected chi connectivity index (χ2v) is 6.38. The van der Waals surface area contributed by atoms with Crippen molar-refractivity contribution in [2.45, 2.75) is 25.8 Å². The highest BCUT2D eigenvalue weighted by molar-refractivity contribution is 5.98. The maximum absolute atomic E-state index is 12.5. The van der Waals surface area contributed by atoms with Gasteiger partial charge >= 0.3 is 0 Å². The molecule has 7 nitrogen and oxygen atoms in total. The molecule has 27 heavy (non-hydrogen) atoms. The van der Waals surface area contributed by atoms with Crippen LogP contribution in [0, 0.1) is 0 Å². The van der Waals surface area contributed by atoms with E-state index in [0.717, 1.165) is 28.5 Å². The smallest absolute Gasteiger partial charge is 0.251 e. The van der Waals surface area contributed by atoms with Crippen LogP contribution in [0.3, 0.4) is 0 Å². The van der Waals surface area contributed by atoms with Crippen LogP contribution >= 0.6 is 0 Å². The molecule has 0 saturated heterocycles. The molecule has 1 aromatic heterocycles. The van der Waals surface area contributed by atoms with Gasteiger partial charge < -0.3 is 16.4 Å². The number of hydrogen-bond donors (Lipinski definition) is 4. The summed E-state index contributed by atoms with van der Waals surface area (Å²) in [6.07, 6.45) is 1.40.